The first-order valence-electron chi connectivity index (χ1n) is 4.90. The Morgan fingerprint density at radius 3 is 3.20 bits per heavy atom. The summed E-state index contributed by atoms with van der Waals surface area (Å²) in [5.74, 6) is -0.198. The van der Waals surface area contributed by atoms with Crippen LogP contribution in [-0.2, 0) is 0 Å². The second-order valence-electron chi connectivity index (χ2n) is 3.62. The number of hydrogen-bond acceptors (Lipinski definition) is 4. The summed E-state index contributed by atoms with van der Waals surface area (Å²) in [7, 11) is 0. The summed E-state index contributed by atoms with van der Waals surface area (Å²) in [5.41, 5.74) is 2.08. The maximum Gasteiger partial charge on any atom is 0.271 e. The Bertz CT molecular complexity index is 382. The average Bonchev–Trinajstić information content (AvgIpc) is 2.87. The lowest BCUT2D eigenvalue weighted by Gasteiger charge is -2.14. The molecule has 1 N–H and O–H groups in total. The van der Waals surface area contributed by atoms with Crippen LogP contribution >= 0.6 is 11.3 Å². The highest BCUT2D eigenvalue weighted by atomic mass is 32.1. The van der Waals surface area contributed by atoms with Crippen LogP contribution in [0, 0.1) is 17.2 Å². The first-order chi connectivity index (χ1) is 7.31. The number of nitrogens with zero attached hydrogens (tertiary/aromatic N) is 2. The van der Waals surface area contributed by atoms with Crippen LogP contribution in [0.5, 0.6) is 0 Å². The van der Waals surface area contributed by atoms with Gasteiger partial charge in [-0.1, -0.05) is 0 Å². The Kier molecular flexibility index (Phi) is 2.97. The largest absolute Gasteiger partial charge is 0.347 e. The van der Waals surface area contributed by atoms with Crippen LogP contribution < -0.4 is 5.32 Å². The molecule has 0 radical (unpaired) electrons. The van der Waals surface area contributed by atoms with Crippen LogP contribution in [0.4, 0.5) is 0 Å². The Hall–Kier alpha value is -1.41. The van der Waals surface area contributed by atoms with Gasteiger partial charge in [0.15, 0.2) is 0 Å². The molecule has 5 heteroatoms. The highest BCUT2D eigenvalue weighted by Crippen LogP contribution is 2.25. The molecule has 0 aromatic carbocycles. The quantitative estimate of drug-likeness (QED) is 0.824. The molecule has 2 unspecified atom stereocenters. The Labute approximate surface area is 91.9 Å². The topological polar surface area (TPSA) is 65.8 Å². The normalized spacial score (nSPS) is 24.7. The molecule has 78 valence electrons. The molecule has 2 atom stereocenters. The number of nitrogens with one attached hydrogen (secondary N) is 1. The molecule has 2 rings (SSSR count). The van der Waals surface area contributed by atoms with Gasteiger partial charge in [0.25, 0.3) is 5.91 Å². The van der Waals surface area contributed by atoms with Gasteiger partial charge in [0.1, 0.15) is 5.69 Å². The third kappa shape index (κ3) is 2.16. The summed E-state index contributed by atoms with van der Waals surface area (Å²) in [6.07, 6.45) is 2.80. The number of hydrogen-bond donors (Lipinski definition) is 1. The molecule has 0 saturated heterocycles. The van der Waals surface area contributed by atoms with Crippen molar-refractivity contribution in [1.29, 1.82) is 5.26 Å². The molecule has 1 fully saturated rings. The van der Waals surface area contributed by atoms with Crippen LogP contribution in [0.15, 0.2) is 10.9 Å². The molecule has 0 spiro atoms. The van der Waals surface area contributed by atoms with Crippen LogP contribution in [0.1, 0.15) is 29.8 Å². The van der Waals surface area contributed by atoms with Crippen molar-refractivity contribution >= 4 is 17.2 Å². The minimum atomic E-state index is -0.164. The highest BCUT2D eigenvalue weighted by molar-refractivity contribution is 7.07. The van der Waals surface area contributed by atoms with E-state index in [-0.39, 0.29) is 17.9 Å². The molecule has 0 aliphatic heterocycles. The van der Waals surface area contributed by atoms with Gasteiger partial charge >= 0.3 is 0 Å². The number of rotatable bonds is 2. The Balaban J connectivity index is 1.98. The van der Waals surface area contributed by atoms with Gasteiger partial charge in [-0.25, -0.2) is 4.98 Å². The number of aromatic nitrogens is 1. The lowest BCUT2D eigenvalue weighted by molar-refractivity contribution is 0.0928. The molecule has 4 nitrogen and oxygen atoms in total. The van der Waals surface area contributed by atoms with E-state index in [1.54, 1.807) is 10.9 Å². The van der Waals surface area contributed by atoms with E-state index < -0.39 is 0 Å². The standard InChI is InChI=1S/C10H11N3OS/c11-4-7-2-1-3-8(7)13-10(14)9-5-15-6-12-9/h5-8H,1-3H2,(H,13,14). The molecule has 1 aliphatic carbocycles. The summed E-state index contributed by atoms with van der Waals surface area (Å²) in [6, 6.07) is 2.24. The number of thiazole rings is 1. The second kappa shape index (κ2) is 4.41. The molecule has 1 aromatic rings. The summed E-state index contributed by atoms with van der Waals surface area (Å²) in [5, 5.41) is 13.4. The van der Waals surface area contributed by atoms with Gasteiger partial charge in [0.05, 0.1) is 17.5 Å². The first-order valence-corrected chi connectivity index (χ1v) is 5.84. The molecule has 1 saturated carbocycles. The van der Waals surface area contributed by atoms with Crippen molar-refractivity contribution < 1.29 is 4.79 Å². The average molecular weight is 221 g/mol. The smallest absolute Gasteiger partial charge is 0.271 e. The van der Waals surface area contributed by atoms with E-state index in [1.807, 2.05) is 0 Å². The monoisotopic (exact) mass is 221 g/mol. The molecule has 15 heavy (non-hydrogen) atoms. The van der Waals surface area contributed by atoms with Crippen LogP contribution in [0.2, 0.25) is 0 Å². The SMILES string of the molecule is N#CC1CCCC1NC(=O)c1cscn1. The summed E-state index contributed by atoms with van der Waals surface area (Å²) in [4.78, 5) is 15.6. The molecule has 1 heterocycles. The minimum Gasteiger partial charge on any atom is -0.347 e. The maximum absolute atomic E-state index is 11.6. The zero-order chi connectivity index (χ0) is 10.7. The molecular weight excluding hydrogens is 210 g/mol. The van der Waals surface area contributed by atoms with E-state index >= 15 is 0 Å². The van der Waals surface area contributed by atoms with Gasteiger partial charge in [-0.3, -0.25) is 4.79 Å². The van der Waals surface area contributed by atoms with Gasteiger partial charge < -0.3 is 5.32 Å². The number of nitriles is 1. The van der Waals surface area contributed by atoms with Crippen LogP contribution in [0.3, 0.4) is 0 Å². The van der Waals surface area contributed by atoms with Crippen molar-refractivity contribution in [1.82, 2.24) is 10.3 Å². The lowest BCUT2D eigenvalue weighted by Crippen LogP contribution is -2.37. The third-order valence-corrected chi connectivity index (χ3v) is 3.25. The maximum atomic E-state index is 11.6. The van der Waals surface area contributed by atoms with Gasteiger partial charge in [0.2, 0.25) is 0 Å². The minimum absolute atomic E-state index is 0.00389. The molecule has 1 aromatic heterocycles. The predicted octanol–water partition coefficient (Wildman–Crippen LogP) is 1.57. The summed E-state index contributed by atoms with van der Waals surface area (Å²) in [6.45, 7) is 0. The first kappa shape index (κ1) is 10.1. The Morgan fingerprint density at radius 2 is 2.53 bits per heavy atom. The van der Waals surface area contributed by atoms with Crippen molar-refractivity contribution in [3.8, 4) is 6.07 Å². The second-order valence-corrected chi connectivity index (χ2v) is 4.34. The van der Waals surface area contributed by atoms with Crippen molar-refractivity contribution in [2.45, 2.75) is 25.3 Å². The highest BCUT2D eigenvalue weighted by Gasteiger charge is 2.28. The fraction of sp³-hybridized carbons (Fsp3) is 0.500. The van der Waals surface area contributed by atoms with Crippen LogP contribution in [0.25, 0.3) is 0 Å². The van der Waals surface area contributed by atoms with Crippen LogP contribution in [-0.4, -0.2) is 16.9 Å². The molecule has 0 bridgehead atoms. The fourth-order valence-electron chi connectivity index (χ4n) is 1.85. The fourth-order valence-corrected chi connectivity index (χ4v) is 2.39. The van der Waals surface area contributed by atoms with E-state index in [0.717, 1.165) is 19.3 Å². The molecule has 1 amide bonds. The molecule has 1 aliphatic rings. The van der Waals surface area contributed by atoms with Gasteiger partial charge in [0, 0.05) is 11.4 Å². The van der Waals surface area contributed by atoms with Gasteiger partial charge in [-0.2, -0.15) is 5.26 Å². The van der Waals surface area contributed by atoms with Gasteiger partial charge in [-0.15, -0.1) is 11.3 Å². The summed E-state index contributed by atoms with van der Waals surface area (Å²) >= 11 is 1.40. The number of amides is 1. The third-order valence-electron chi connectivity index (χ3n) is 2.66. The van der Waals surface area contributed by atoms with E-state index in [1.165, 1.54) is 11.3 Å². The zero-order valence-electron chi connectivity index (χ0n) is 8.14. The Morgan fingerprint density at radius 1 is 1.67 bits per heavy atom. The van der Waals surface area contributed by atoms with Gasteiger partial charge in [-0.05, 0) is 19.3 Å². The lowest BCUT2D eigenvalue weighted by atomic mass is 10.1. The van der Waals surface area contributed by atoms with E-state index in [0.29, 0.717) is 5.69 Å². The number of carbonyl (C=O) groups is 1. The zero-order valence-corrected chi connectivity index (χ0v) is 8.96. The van der Waals surface area contributed by atoms with Crippen molar-refractivity contribution in [2.75, 3.05) is 0 Å². The van der Waals surface area contributed by atoms with Crippen molar-refractivity contribution in [3.63, 3.8) is 0 Å². The van der Waals surface area contributed by atoms with E-state index in [9.17, 15) is 4.79 Å². The number of carbonyl (C=O) groups excluding carboxylic acids is 1. The van der Waals surface area contributed by atoms with Crippen molar-refractivity contribution in [3.05, 3.63) is 16.6 Å². The van der Waals surface area contributed by atoms with E-state index in [2.05, 4.69) is 16.4 Å². The van der Waals surface area contributed by atoms with E-state index in [4.69, 9.17) is 5.26 Å². The predicted molar refractivity (Wildman–Crippen MR) is 56.3 cm³/mol. The summed E-state index contributed by atoms with van der Waals surface area (Å²) < 4.78 is 0. The van der Waals surface area contributed by atoms with Crippen molar-refractivity contribution in [2.24, 2.45) is 5.92 Å². The molecular formula is C10H11N3OS.